The molecule has 5 heteroatoms. The van der Waals surface area contributed by atoms with Gasteiger partial charge in [0.15, 0.2) is 0 Å². The van der Waals surface area contributed by atoms with E-state index < -0.39 is 11.6 Å². The summed E-state index contributed by atoms with van der Waals surface area (Å²) in [5, 5.41) is 0. The van der Waals surface area contributed by atoms with Crippen LogP contribution in [-0.4, -0.2) is 9.97 Å². The number of hydrogen-bond donors (Lipinski definition) is 0. The third-order valence-corrected chi connectivity index (χ3v) is 4.59. The zero-order valence-corrected chi connectivity index (χ0v) is 19.8. The van der Waals surface area contributed by atoms with Gasteiger partial charge in [0.2, 0.25) is 0 Å². The second kappa shape index (κ2) is 11.9. The van der Waals surface area contributed by atoms with Gasteiger partial charge in [-0.2, -0.15) is 0 Å². The molecular formula is C28H18F2IrN2-2. The molecule has 5 rings (SSSR count). The minimum absolute atomic E-state index is 0. The molecule has 2 nitrogen and oxygen atoms in total. The first-order valence-electron chi connectivity index (χ1n) is 9.97. The topological polar surface area (TPSA) is 25.8 Å². The molecule has 0 bridgehead atoms. The number of pyridine rings is 2. The quantitative estimate of drug-likeness (QED) is 0.204. The Kier molecular flexibility index (Phi) is 8.70. The minimum Gasteiger partial charge on any atom is -0.305 e. The van der Waals surface area contributed by atoms with Crippen LogP contribution < -0.4 is 0 Å². The number of benzene rings is 3. The molecule has 3 aromatic carbocycles. The standard InChI is InChI=1S/C17H12N.C11H6F2N.Ir/c1-3-7-14(8-4-1)16-11-12-18-17(13-16)15-9-5-2-6-10-15;12-9-5-8(6-10(13)7-9)11-3-1-2-4-14-11;/h1-9,11-13H;1-5,7H;/q2*-1;. The SMILES string of the molecule is Fc1[c-]c(-c2ccccn2)cc(F)c1.[Ir].[c-]1ccccc1-c1cc(-c2ccccc2)ccn1. The van der Waals surface area contributed by atoms with Gasteiger partial charge in [0.25, 0.3) is 0 Å². The summed E-state index contributed by atoms with van der Waals surface area (Å²) in [6.07, 6.45) is 3.41. The molecule has 0 aliphatic carbocycles. The molecule has 0 N–H and O–H groups in total. The van der Waals surface area contributed by atoms with Gasteiger partial charge in [0, 0.05) is 44.1 Å². The molecule has 0 amide bonds. The van der Waals surface area contributed by atoms with Crippen molar-refractivity contribution in [1.29, 1.82) is 0 Å². The second-order valence-corrected chi connectivity index (χ2v) is 6.85. The average Bonchev–Trinajstić information content (AvgIpc) is 2.86. The molecule has 0 saturated carbocycles. The number of hydrogen-bond acceptors (Lipinski definition) is 2. The smallest absolute Gasteiger partial charge is 0.0446 e. The van der Waals surface area contributed by atoms with Crippen molar-refractivity contribution in [2.45, 2.75) is 0 Å². The summed E-state index contributed by atoms with van der Waals surface area (Å²) < 4.78 is 25.6. The van der Waals surface area contributed by atoms with Crippen LogP contribution >= 0.6 is 0 Å². The van der Waals surface area contributed by atoms with Gasteiger partial charge in [-0.15, -0.1) is 53.6 Å². The first kappa shape index (κ1) is 24.1. The maximum Gasteiger partial charge on any atom is 0.0446 e. The molecule has 0 spiro atoms. The third kappa shape index (κ3) is 6.72. The van der Waals surface area contributed by atoms with E-state index in [1.165, 1.54) is 17.2 Å². The molecule has 165 valence electrons. The van der Waals surface area contributed by atoms with E-state index in [2.05, 4.69) is 40.3 Å². The molecule has 5 aromatic rings. The Balaban J connectivity index is 0.000000186. The molecular weight excluding hydrogens is 595 g/mol. The van der Waals surface area contributed by atoms with Crippen molar-refractivity contribution < 1.29 is 28.9 Å². The minimum atomic E-state index is -0.717. The molecule has 2 aromatic heterocycles. The molecule has 0 fully saturated rings. The zero-order valence-electron chi connectivity index (χ0n) is 17.4. The summed E-state index contributed by atoms with van der Waals surface area (Å²) >= 11 is 0. The number of aromatic nitrogens is 2. The molecule has 0 saturated heterocycles. The van der Waals surface area contributed by atoms with E-state index in [4.69, 9.17) is 0 Å². The van der Waals surface area contributed by atoms with Crippen molar-refractivity contribution in [2.24, 2.45) is 0 Å². The normalized spacial score (nSPS) is 9.88. The Morgan fingerprint density at radius 1 is 0.606 bits per heavy atom. The van der Waals surface area contributed by atoms with Crippen LogP contribution in [0, 0.1) is 23.8 Å². The van der Waals surface area contributed by atoms with Gasteiger partial charge in [-0.3, -0.25) is 0 Å². The van der Waals surface area contributed by atoms with Crippen molar-refractivity contribution >= 4 is 0 Å². The van der Waals surface area contributed by atoms with Crippen LogP contribution in [0.5, 0.6) is 0 Å². The Labute approximate surface area is 205 Å². The fourth-order valence-electron chi connectivity index (χ4n) is 3.10. The van der Waals surface area contributed by atoms with Crippen molar-refractivity contribution in [3.8, 4) is 33.6 Å². The Morgan fingerprint density at radius 2 is 1.36 bits per heavy atom. The van der Waals surface area contributed by atoms with E-state index in [-0.39, 0.29) is 20.1 Å². The molecule has 1 radical (unpaired) electrons. The Hall–Kier alpha value is -3.53. The van der Waals surface area contributed by atoms with E-state index in [9.17, 15) is 8.78 Å². The van der Waals surface area contributed by atoms with Gasteiger partial charge >= 0.3 is 0 Å². The van der Waals surface area contributed by atoms with Gasteiger partial charge < -0.3 is 9.97 Å². The van der Waals surface area contributed by atoms with Crippen LogP contribution in [0.3, 0.4) is 0 Å². The van der Waals surface area contributed by atoms with Gasteiger partial charge in [-0.05, 0) is 34.6 Å². The Bertz CT molecular complexity index is 1210. The number of nitrogens with zero attached hydrogens (tertiary/aromatic N) is 2. The Morgan fingerprint density at radius 3 is 2.06 bits per heavy atom. The molecule has 0 aliphatic rings. The molecule has 2 heterocycles. The van der Waals surface area contributed by atoms with E-state index in [0.717, 1.165) is 17.3 Å². The monoisotopic (exact) mass is 613 g/mol. The van der Waals surface area contributed by atoms with Crippen LogP contribution in [-0.2, 0) is 20.1 Å². The largest absolute Gasteiger partial charge is 0.305 e. The molecule has 33 heavy (non-hydrogen) atoms. The van der Waals surface area contributed by atoms with Crippen LogP contribution in [0.15, 0.2) is 109 Å². The fourth-order valence-corrected chi connectivity index (χ4v) is 3.10. The van der Waals surface area contributed by atoms with Crippen LogP contribution in [0.4, 0.5) is 8.78 Å². The zero-order chi connectivity index (χ0) is 22.2. The molecule has 0 unspecified atom stereocenters. The number of halogens is 2. The van der Waals surface area contributed by atoms with Gasteiger partial charge in [0.05, 0.1) is 0 Å². The van der Waals surface area contributed by atoms with Crippen LogP contribution in [0.2, 0.25) is 0 Å². The number of rotatable bonds is 3. The second-order valence-electron chi connectivity index (χ2n) is 6.85. The summed E-state index contributed by atoms with van der Waals surface area (Å²) in [5.41, 5.74) is 5.19. The van der Waals surface area contributed by atoms with Crippen molar-refractivity contribution in [3.63, 3.8) is 0 Å². The van der Waals surface area contributed by atoms with Crippen molar-refractivity contribution in [3.05, 3.63) is 133 Å². The summed E-state index contributed by atoms with van der Waals surface area (Å²) in [7, 11) is 0. The van der Waals surface area contributed by atoms with E-state index in [1.54, 1.807) is 24.4 Å². The molecule has 0 aliphatic heterocycles. The van der Waals surface area contributed by atoms with Gasteiger partial charge in [-0.1, -0.05) is 54.6 Å². The summed E-state index contributed by atoms with van der Waals surface area (Å²) in [6.45, 7) is 0. The van der Waals surface area contributed by atoms with Crippen molar-refractivity contribution in [1.82, 2.24) is 9.97 Å². The van der Waals surface area contributed by atoms with E-state index in [1.807, 2.05) is 54.7 Å². The van der Waals surface area contributed by atoms with E-state index >= 15 is 0 Å². The maximum atomic E-state index is 12.8. The third-order valence-electron chi connectivity index (χ3n) is 4.59. The summed E-state index contributed by atoms with van der Waals surface area (Å²) in [4.78, 5) is 8.37. The van der Waals surface area contributed by atoms with Gasteiger partial charge in [-0.25, -0.2) is 8.78 Å². The maximum absolute atomic E-state index is 12.8. The predicted octanol–water partition coefficient (Wildman–Crippen LogP) is 7.04. The predicted molar refractivity (Wildman–Crippen MR) is 122 cm³/mol. The summed E-state index contributed by atoms with van der Waals surface area (Å²) in [5.74, 6) is -1.34. The average molecular weight is 613 g/mol. The molecule has 0 atom stereocenters. The van der Waals surface area contributed by atoms with Crippen molar-refractivity contribution in [2.75, 3.05) is 0 Å². The fraction of sp³-hybridized carbons (Fsp3) is 0. The summed E-state index contributed by atoms with van der Waals surface area (Å²) in [6, 6.07) is 35.1. The van der Waals surface area contributed by atoms with E-state index in [0.29, 0.717) is 11.3 Å². The van der Waals surface area contributed by atoms with Crippen LogP contribution in [0.1, 0.15) is 0 Å². The first-order chi connectivity index (χ1) is 15.7. The first-order valence-corrected chi connectivity index (χ1v) is 9.97. The van der Waals surface area contributed by atoms with Crippen LogP contribution in [0.25, 0.3) is 33.6 Å². The van der Waals surface area contributed by atoms with Gasteiger partial charge in [0.1, 0.15) is 0 Å².